The molecule has 1 saturated carbocycles. The Hall–Kier alpha value is -3.20. The Labute approximate surface area is 218 Å². The third-order valence-electron chi connectivity index (χ3n) is 7.80. The minimum atomic E-state index is 0.158. The molecule has 196 valence electrons. The van der Waals surface area contributed by atoms with E-state index in [4.69, 9.17) is 14.5 Å². The molecule has 1 aliphatic carbocycles. The van der Waals surface area contributed by atoms with Crippen LogP contribution in [0.1, 0.15) is 50.5 Å². The number of morpholine rings is 1. The molecular weight excluding hydrogens is 466 g/mol. The Morgan fingerprint density at radius 1 is 0.892 bits per heavy atom. The van der Waals surface area contributed by atoms with Crippen molar-refractivity contribution in [3.63, 3.8) is 0 Å². The molecule has 0 bridgehead atoms. The normalized spacial score (nSPS) is 22.7. The molecule has 2 saturated heterocycles. The Morgan fingerprint density at radius 2 is 1.68 bits per heavy atom. The van der Waals surface area contributed by atoms with Crippen molar-refractivity contribution < 1.29 is 9.47 Å². The van der Waals surface area contributed by atoms with Crippen LogP contribution in [0.3, 0.4) is 0 Å². The molecule has 37 heavy (non-hydrogen) atoms. The van der Waals surface area contributed by atoms with E-state index in [1.807, 2.05) is 6.20 Å². The summed E-state index contributed by atoms with van der Waals surface area (Å²) in [4.78, 5) is 23.4. The monoisotopic (exact) mass is 503 g/mol. The molecule has 3 aliphatic rings. The molecule has 4 heterocycles. The van der Waals surface area contributed by atoms with Gasteiger partial charge in [-0.25, -0.2) is 9.97 Å². The highest BCUT2D eigenvalue weighted by Gasteiger charge is 2.25. The molecule has 3 fully saturated rings. The van der Waals surface area contributed by atoms with Crippen molar-refractivity contribution in [3.8, 4) is 5.75 Å². The SMILES string of the molecule is Cc1cnc(N[C@H]2CC[C@@H](Oc3cc(N4CCOCC4)cc4nccnc34)CC2)nc1N1CCCCC1. The largest absolute Gasteiger partial charge is 0.488 e. The molecule has 9 heteroatoms. The summed E-state index contributed by atoms with van der Waals surface area (Å²) < 4.78 is 12.1. The first-order valence-corrected chi connectivity index (χ1v) is 13.8. The van der Waals surface area contributed by atoms with Crippen LogP contribution in [0, 0.1) is 6.92 Å². The third-order valence-corrected chi connectivity index (χ3v) is 7.80. The van der Waals surface area contributed by atoms with Crippen LogP contribution in [-0.2, 0) is 4.74 Å². The number of fused-ring (bicyclic) bond motifs is 1. The van der Waals surface area contributed by atoms with E-state index in [-0.39, 0.29) is 6.10 Å². The standard InChI is InChI=1S/C28H37N7O2/c1-20-19-31-28(33-27(20)35-11-3-2-4-12-35)32-21-5-7-23(8-6-21)37-25-18-22(34-13-15-36-16-14-34)17-24-26(25)30-10-9-29-24/h9-10,17-19,21,23H,2-8,11-16H2,1H3,(H,31,32,33)/t21-,23+. The zero-order valence-electron chi connectivity index (χ0n) is 21.7. The van der Waals surface area contributed by atoms with Gasteiger partial charge in [0.25, 0.3) is 0 Å². The van der Waals surface area contributed by atoms with E-state index in [1.54, 1.807) is 12.4 Å². The number of nitrogens with zero attached hydrogens (tertiary/aromatic N) is 6. The van der Waals surface area contributed by atoms with Crippen molar-refractivity contribution in [1.82, 2.24) is 19.9 Å². The summed E-state index contributed by atoms with van der Waals surface area (Å²) in [5, 5.41) is 3.61. The summed E-state index contributed by atoms with van der Waals surface area (Å²) in [6.45, 7) is 7.53. The van der Waals surface area contributed by atoms with E-state index in [0.29, 0.717) is 6.04 Å². The van der Waals surface area contributed by atoms with Crippen LogP contribution in [0.2, 0.25) is 0 Å². The van der Waals surface area contributed by atoms with E-state index < -0.39 is 0 Å². The predicted molar refractivity (Wildman–Crippen MR) is 146 cm³/mol. The lowest BCUT2D eigenvalue weighted by molar-refractivity contribution is 0.122. The van der Waals surface area contributed by atoms with Crippen LogP contribution in [0.15, 0.2) is 30.7 Å². The van der Waals surface area contributed by atoms with E-state index >= 15 is 0 Å². The maximum Gasteiger partial charge on any atom is 0.224 e. The Bertz CT molecular complexity index is 1200. The molecule has 6 rings (SSSR count). The second-order valence-corrected chi connectivity index (χ2v) is 10.5. The highest BCUT2D eigenvalue weighted by molar-refractivity contribution is 5.85. The van der Waals surface area contributed by atoms with E-state index in [2.05, 4.69) is 49.1 Å². The van der Waals surface area contributed by atoms with Crippen molar-refractivity contribution in [2.45, 2.75) is 64.0 Å². The topological polar surface area (TPSA) is 88.5 Å². The van der Waals surface area contributed by atoms with Gasteiger partial charge in [0.05, 0.1) is 24.8 Å². The van der Waals surface area contributed by atoms with Crippen molar-refractivity contribution in [2.24, 2.45) is 0 Å². The van der Waals surface area contributed by atoms with Crippen molar-refractivity contribution in [1.29, 1.82) is 0 Å². The fraction of sp³-hybridized carbons (Fsp3) is 0.571. The molecule has 0 radical (unpaired) electrons. The van der Waals surface area contributed by atoms with E-state index in [0.717, 1.165) is 105 Å². The summed E-state index contributed by atoms with van der Waals surface area (Å²) in [7, 11) is 0. The van der Waals surface area contributed by atoms with Gasteiger partial charge in [-0.3, -0.25) is 4.98 Å². The molecule has 9 nitrogen and oxygen atoms in total. The Morgan fingerprint density at radius 3 is 2.49 bits per heavy atom. The average Bonchev–Trinajstić information content (AvgIpc) is 2.96. The number of hydrogen-bond donors (Lipinski definition) is 1. The second-order valence-electron chi connectivity index (χ2n) is 10.5. The summed E-state index contributed by atoms with van der Waals surface area (Å²) in [5.41, 5.74) is 3.98. The molecule has 0 amide bonds. The quantitative estimate of drug-likeness (QED) is 0.527. The lowest BCUT2D eigenvalue weighted by Gasteiger charge is -2.32. The van der Waals surface area contributed by atoms with Gasteiger partial charge < -0.3 is 24.6 Å². The molecule has 0 spiro atoms. The van der Waals surface area contributed by atoms with Gasteiger partial charge >= 0.3 is 0 Å². The molecule has 1 aromatic carbocycles. The summed E-state index contributed by atoms with van der Waals surface area (Å²) in [6, 6.07) is 4.60. The van der Waals surface area contributed by atoms with Crippen LogP contribution in [-0.4, -0.2) is 71.5 Å². The maximum absolute atomic E-state index is 6.59. The fourth-order valence-electron chi connectivity index (χ4n) is 5.74. The van der Waals surface area contributed by atoms with Crippen LogP contribution in [0.4, 0.5) is 17.5 Å². The van der Waals surface area contributed by atoms with Crippen LogP contribution in [0.5, 0.6) is 5.75 Å². The second kappa shape index (κ2) is 11.0. The van der Waals surface area contributed by atoms with Gasteiger partial charge in [0.1, 0.15) is 17.1 Å². The van der Waals surface area contributed by atoms with Crippen LogP contribution >= 0.6 is 0 Å². The fourth-order valence-corrected chi connectivity index (χ4v) is 5.74. The molecule has 2 aliphatic heterocycles. The first kappa shape index (κ1) is 24.2. The summed E-state index contributed by atoms with van der Waals surface area (Å²) in [5.74, 6) is 2.66. The number of nitrogens with one attached hydrogen (secondary N) is 1. The minimum Gasteiger partial charge on any atom is -0.488 e. The summed E-state index contributed by atoms with van der Waals surface area (Å²) >= 11 is 0. The van der Waals surface area contributed by atoms with Crippen LogP contribution in [0.25, 0.3) is 11.0 Å². The lowest BCUT2D eigenvalue weighted by Crippen LogP contribution is -2.36. The van der Waals surface area contributed by atoms with Gasteiger partial charge in [-0.05, 0) is 57.9 Å². The zero-order valence-corrected chi connectivity index (χ0v) is 21.7. The van der Waals surface area contributed by atoms with Crippen molar-refractivity contribution >= 4 is 28.5 Å². The van der Waals surface area contributed by atoms with E-state index in [1.165, 1.54) is 19.3 Å². The van der Waals surface area contributed by atoms with Gasteiger partial charge in [-0.15, -0.1) is 0 Å². The number of aromatic nitrogens is 4. The van der Waals surface area contributed by atoms with Gasteiger partial charge in [0, 0.05) is 68.1 Å². The minimum absolute atomic E-state index is 0.158. The van der Waals surface area contributed by atoms with E-state index in [9.17, 15) is 0 Å². The number of benzene rings is 1. The highest BCUT2D eigenvalue weighted by Crippen LogP contribution is 2.33. The number of hydrogen-bond acceptors (Lipinski definition) is 9. The third kappa shape index (κ3) is 5.56. The first-order valence-electron chi connectivity index (χ1n) is 13.8. The van der Waals surface area contributed by atoms with Crippen molar-refractivity contribution in [2.75, 3.05) is 54.5 Å². The Balaban J connectivity index is 1.10. The van der Waals surface area contributed by atoms with Gasteiger partial charge in [-0.2, -0.15) is 4.98 Å². The first-order chi connectivity index (χ1) is 18.2. The lowest BCUT2D eigenvalue weighted by atomic mass is 9.93. The molecular formula is C28H37N7O2. The van der Waals surface area contributed by atoms with Gasteiger partial charge in [0.2, 0.25) is 5.95 Å². The molecule has 3 aromatic rings. The van der Waals surface area contributed by atoms with Crippen LogP contribution < -0.4 is 19.9 Å². The highest BCUT2D eigenvalue weighted by atomic mass is 16.5. The molecule has 1 N–H and O–H groups in total. The number of ether oxygens (including phenoxy) is 2. The smallest absolute Gasteiger partial charge is 0.224 e. The van der Waals surface area contributed by atoms with Gasteiger partial charge in [0.15, 0.2) is 0 Å². The number of anilines is 3. The number of rotatable bonds is 6. The number of piperidine rings is 1. The van der Waals surface area contributed by atoms with Crippen molar-refractivity contribution in [3.05, 3.63) is 36.3 Å². The molecule has 0 atom stereocenters. The van der Waals surface area contributed by atoms with Gasteiger partial charge in [-0.1, -0.05) is 0 Å². The number of aryl methyl sites for hydroxylation is 1. The summed E-state index contributed by atoms with van der Waals surface area (Å²) in [6.07, 6.45) is 13.4. The Kier molecular flexibility index (Phi) is 7.21. The predicted octanol–water partition coefficient (Wildman–Crippen LogP) is 4.36. The average molecular weight is 504 g/mol. The molecule has 0 unspecified atom stereocenters. The zero-order chi connectivity index (χ0) is 25.0. The molecule has 2 aromatic heterocycles. The maximum atomic E-state index is 6.59.